The number of nitrogens with zero attached hydrogens (tertiary/aromatic N) is 3. The minimum absolute atomic E-state index is 0.0853. The number of aromatic nitrogens is 2. The van der Waals surface area contributed by atoms with Gasteiger partial charge in [0.25, 0.3) is 5.91 Å². The number of hydrogen-bond donors (Lipinski definition) is 1. The predicted octanol–water partition coefficient (Wildman–Crippen LogP) is 2.46. The van der Waals surface area contributed by atoms with Crippen LogP contribution in [0, 0.1) is 31.1 Å². The van der Waals surface area contributed by atoms with Gasteiger partial charge in [0.05, 0.1) is 34.1 Å². The second kappa shape index (κ2) is 7.48. The van der Waals surface area contributed by atoms with E-state index in [4.69, 9.17) is 4.74 Å². The summed E-state index contributed by atoms with van der Waals surface area (Å²) in [5.41, 5.74) is 2.15. The molecule has 1 N–H and O–H groups in total. The Labute approximate surface area is 152 Å². The van der Waals surface area contributed by atoms with Gasteiger partial charge in [0.15, 0.2) is 6.61 Å². The molecule has 0 aliphatic heterocycles. The minimum Gasteiger partial charge on any atom is -0.452 e. The molecule has 2 rings (SSSR count). The maximum absolute atomic E-state index is 12.2. The van der Waals surface area contributed by atoms with Crippen molar-refractivity contribution >= 4 is 22.9 Å². The number of carbonyl (C=O) groups is 2. The van der Waals surface area contributed by atoms with Gasteiger partial charge in [0, 0.05) is 0 Å². The van der Waals surface area contributed by atoms with Crippen LogP contribution in [0.4, 0.5) is 0 Å². The summed E-state index contributed by atoms with van der Waals surface area (Å²) in [6.45, 7) is 8.54. The van der Waals surface area contributed by atoms with Gasteiger partial charge in [-0.2, -0.15) is 5.26 Å². The summed E-state index contributed by atoms with van der Waals surface area (Å²) in [6, 6.07) is 6.93. The molecule has 0 saturated heterocycles. The van der Waals surface area contributed by atoms with E-state index in [0.717, 1.165) is 11.4 Å². The number of esters is 1. The third-order valence-electron chi connectivity index (χ3n) is 4.43. The number of hydrogen-bond acceptors (Lipinski definition) is 6. The van der Waals surface area contributed by atoms with Crippen molar-refractivity contribution in [3.8, 4) is 6.07 Å². The van der Waals surface area contributed by atoms with E-state index in [0.29, 0.717) is 11.0 Å². The van der Waals surface area contributed by atoms with E-state index in [9.17, 15) is 14.9 Å². The number of benzene rings is 1. The van der Waals surface area contributed by atoms with Crippen LogP contribution in [0.15, 0.2) is 18.2 Å². The van der Waals surface area contributed by atoms with E-state index in [1.54, 1.807) is 25.1 Å². The van der Waals surface area contributed by atoms with Gasteiger partial charge in [0.2, 0.25) is 0 Å². The lowest BCUT2D eigenvalue weighted by molar-refractivity contribution is -0.125. The van der Waals surface area contributed by atoms with E-state index in [1.165, 1.54) is 0 Å². The Morgan fingerprint density at radius 3 is 2.42 bits per heavy atom. The summed E-state index contributed by atoms with van der Waals surface area (Å²) < 4.78 is 5.05. The van der Waals surface area contributed by atoms with Crippen molar-refractivity contribution in [2.45, 2.75) is 40.2 Å². The topological polar surface area (TPSA) is 105 Å². The highest BCUT2D eigenvalue weighted by atomic mass is 16.5. The van der Waals surface area contributed by atoms with Crippen LogP contribution in [-0.2, 0) is 9.53 Å². The highest BCUT2D eigenvalue weighted by molar-refractivity contribution is 5.94. The molecule has 136 valence electrons. The molecule has 0 spiro atoms. The predicted molar refractivity (Wildman–Crippen MR) is 96.3 cm³/mol. The number of fused-ring (bicyclic) bond motifs is 1. The first-order chi connectivity index (χ1) is 12.2. The molecule has 0 aliphatic rings. The Morgan fingerprint density at radius 2 is 1.85 bits per heavy atom. The molecule has 1 heterocycles. The third kappa shape index (κ3) is 4.14. The van der Waals surface area contributed by atoms with E-state index in [2.05, 4.69) is 21.4 Å². The van der Waals surface area contributed by atoms with Gasteiger partial charge in [-0.1, -0.05) is 13.8 Å². The lowest BCUT2D eigenvalue weighted by atomic mass is 9.90. The van der Waals surface area contributed by atoms with Gasteiger partial charge in [-0.05, 0) is 44.9 Å². The third-order valence-corrected chi connectivity index (χ3v) is 4.43. The average Bonchev–Trinajstić information content (AvgIpc) is 2.60. The minimum atomic E-state index is -1.02. The van der Waals surface area contributed by atoms with Crippen LogP contribution in [0.1, 0.15) is 42.5 Å². The van der Waals surface area contributed by atoms with Crippen LogP contribution in [0.25, 0.3) is 11.0 Å². The standard InChI is InChI=1S/C19H22N4O3/c1-11(2)19(5,10-20)23-17(24)9-26-18(25)14-6-7-15-16(8-14)22-13(4)12(3)21-15/h6-8,11H,9H2,1-5H3,(H,23,24)/t19-/m1/s1. The Balaban J connectivity index is 2.06. The van der Waals surface area contributed by atoms with Gasteiger partial charge >= 0.3 is 5.97 Å². The number of aryl methyl sites for hydroxylation is 2. The summed E-state index contributed by atoms with van der Waals surface area (Å²) in [7, 11) is 0. The fourth-order valence-corrected chi connectivity index (χ4v) is 2.20. The first-order valence-electron chi connectivity index (χ1n) is 8.30. The summed E-state index contributed by atoms with van der Waals surface area (Å²) in [5.74, 6) is -1.24. The number of nitriles is 1. The van der Waals surface area contributed by atoms with E-state index in [-0.39, 0.29) is 11.5 Å². The molecule has 7 heteroatoms. The molecule has 1 amide bonds. The first-order valence-corrected chi connectivity index (χ1v) is 8.30. The fourth-order valence-electron chi connectivity index (χ4n) is 2.20. The maximum atomic E-state index is 12.2. The molecule has 0 bridgehead atoms. The van der Waals surface area contributed by atoms with Crippen molar-refractivity contribution < 1.29 is 14.3 Å². The average molecular weight is 354 g/mol. The van der Waals surface area contributed by atoms with Gasteiger partial charge in [-0.25, -0.2) is 14.8 Å². The molecule has 0 radical (unpaired) electrons. The lowest BCUT2D eigenvalue weighted by Crippen LogP contribution is -2.50. The number of amides is 1. The zero-order chi connectivity index (χ0) is 19.5. The molecule has 0 saturated carbocycles. The number of nitrogens with one attached hydrogen (secondary N) is 1. The van der Waals surface area contributed by atoms with Crippen LogP contribution < -0.4 is 5.32 Å². The number of carbonyl (C=O) groups excluding carboxylic acids is 2. The van der Waals surface area contributed by atoms with E-state index < -0.39 is 24.0 Å². The highest BCUT2D eigenvalue weighted by Crippen LogP contribution is 2.16. The van der Waals surface area contributed by atoms with Crippen molar-refractivity contribution in [2.75, 3.05) is 6.61 Å². The van der Waals surface area contributed by atoms with Crippen LogP contribution in [0.5, 0.6) is 0 Å². The molecule has 0 unspecified atom stereocenters. The second-order valence-corrected chi connectivity index (χ2v) is 6.69. The van der Waals surface area contributed by atoms with Gasteiger partial charge in [-0.3, -0.25) is 4.79 Å². The Hall–Kier alpha value is -3.01. The van der Waals surface area contributed by atoms with Crippen molar-refractivity contribution in [2.24, 2.45) is 5.92 Å². The van der Waals surface area contributed by atoms with E-state index >= 15 is 0 Å². The molecular weight excluding hydrogens is 332 g/mol. The molecule has 0 aliphatic carbocycles. The van der Waals surface area contributed by atoms with Gasteiger partial charge in [-0.15, -0.1) is 0 Å². The summed E-state index contributed by atoms with van der Waals surface area (Å²) in [4.78, 5) is 33.0. The molecule has 7 nitrogen and oxygen atoms in total. The van der Waals surface area contributed by atoms with Crippen molar-refractivity contribution in [3.63, 3.8) is 0 Å². The SMILES string of the molecule is Cc1nc2ccc(C(=O)OCC(=O)N[C@](C)(C#N)C(C)C)cc2nc1C. The largest absolute Gasteiger partial charge is 0.452 e. The smallest absolute Gasteiger partial charge is 0.338 e. The highest BCUT2D eigenvalue weighted by Gasteiger charge is 2.30. The number of ether oxygens (including phenoxy) is 1. The number of rotatable bonds is 5. The lowest BCUT2D eigenvalue weighted by Gasteiger charge is -2.27. The maximum Gasteiger partial charge on any atom is 0.338 e. The fraction of sp³-hybridized carbons (Fsp3) is 0.421. The van der Waals surface area contributed by atoms with Crippen LogP contribution in [-0.4, -0.2) is 34.0 Å². The zero-order valence-electron chi connectivity index (χ0n) is 15.6. The van der Waals surface area contributed by atoms with Crippen molar-refractivity contribution in [3.05, 3.63) is 35.2 Å². The summed E-state index contributed by atoms with van der Waals surface area (Å²) >= 11 is 0. The normalized spacial score (nSPS) is 13.1. The monoisotopic (exact) mass is 354 g/mol. The van der Waals surface area contributed by atoms with Crippen LogP contribution in [0.2, 0.25) is 0 Å². The van der Waals surface area contributed by atoms with Gasteiger partial charge < -0.3 is 10.1 Å². The Bertz CT molecular complexity index is 902. The Morgan fingerprint density at radius 1 is 1.23 bits per heavy atom. The van der Waals surface area contributed by atoms with Gasteiger partial charge in [0.1, 0.15) is 5.54 Å². The molecular formula is C19H22N4O3. The quantitative estimate of drug-likeness (QED) is 0.827. The first kappa shape index (κ1) is 19.3. The van der Waals surface area contributed by atoms with Crippen molar-refractivity contribution in [1.29, 1.82) is 5.26 Å². The Kier molecular flexibility index (Phi) is 5.56. The molecule has 0 fully saturated rings. The molecule has 1 aromatic heterocycles. The van der Waals surface area contributed by atoms with Crippen LogP contribution in [0.3, 0.4) is 0 Å². The second-order valence-electron chi connectivity index (χ2n) is 6.69. The van der Waals surface area contributed by atoms with Crippen LogP contribution >= 0.6 is 0 Å². The molecule has 26 heavy (non-hydrogen) atoms. The molecule has 1 aromatic carbocycles. The summed E-state index contributed by atoms with van der Waals surface area (Å²) in [5, 5.41) is 11.8. The van der Waals surface area contributed by atoms with Crippen molar-refractivity contribution in [1.82, 2.24) is 15.3 Å². The summed E-state index contributed by atoms with van der Waals surface area (Å²) in [6.07, 6.45) is 0. The molecule has 1 atom stereocenters. The van der Waals surface area contributed by atoms with E-state index in [1.807, 2.05) is 27.7 Å². The molecule has 2 aromatic rings. The zero-order valence-corrected chi connectivity index (χ0v) is 15.6.